The van der Waals surface area contributed by atoms with E-state index >= 15 is 0 Å². The lowest BCUT2D eigenvalue weighted by Gasteiger charge is -2.13. The van der Waals surface area contributed by atoms with Crippen molar-refractivity contribution in [2.75, 3.05) is 0 Å². The third kappa shape index (κ3) is 6.14. The van der Waals surface area contributed by atoms with Gasteiger partial charge >= 0.3 is 0 Å². The van der Waals surface area contributed by atoms with Crippen LogP contribution in [0.4, 0.5) is 0 Å². The summed E-state index contributed by atoms with van der Waals surface area (Å²) in [7, 11) is -3.81. The van der Waals surface area contributed by atoms with E-state index in [1.54, 1.807) is 41.8 Å². The number of thiophene rings is 1. The van der Waals surface area contributed by atoms with Gasteiger partial charge in [-0.05, 0) is 30.0 Å². The van der Waals surface area contributed by atoms with Gasteiger partial charge in [0.15, 0.2) is 0 Å². The Hall–Kier alpha value is -2.49. The third-order valence-electron chi connectivity index (χ3n) is 3.02. The number of benzene rings is 1. The lowest BCUT2D eigenvalue weighted by atomic mass is 10.2. The number of carbonyl (C=O) groups excluding carboxylic acids is 2. The van der Waals surface area contributed by atoms with Gasteiger partial charge in [0.25, 0.3) is 11.8 Å². The van der Waals surface area contributed by atoms with Crippen molar-refractivity contribution >= 4 is 39.3 Å². The van der Waals surface area contributed by atoms with Crippen LogP contribution in [0, 0.1) is 0 Å². The molecule has 0 aliphatic heterocycles. The molecule has 2 rings (SSSR count). The summed E-state index contributed by atoms with van der Waals surface area (Å²) in [6.07, 6.45) is 1.42. The van der Waals surface area contributed by atoms with Crippen molar-refractivity contribution in [1.82, 2.24) is 15.6 Å². The second kappa shape index (κ2) is 8.56. The summed E-state index contributed by atoms with van der Waals surface area (Å²) in [5, 5.41) is 2.71. The Labute approximate surface area is 149 Å². The van der Waals surface area contributed by atoms with Gasteiger partial charge in [0.1, 0.15) is 0 Å². The minimum atomic E-state index is -3.81. The SMILES string of the molecule is CC(NS(=O)(=O)C=Cc1ccccc1)C(=O)NNC(=O)c1cccs1. The van der Waals surface area contributed by atoms with E-state index in [0.29, 0.717) is 10.4 Å². The fraction of sp³-hybridized carbons (Fsp3) is 0.125. The lowest BCUT2D eigenvalue weighted by Crippen LogP contribution is -2.50. The van der Waals surface area contributed by atoms with Gasteiger partial charge in [-0.1, -0.05) is 36.4 Å². The van der Waals surface area contributed by atoms with Crippen molar-refractivity contribution in [3.05, 3.63) is 63.7 Å². The molecule has 0 saturated heterocycles. The summed E-state index contributed by atoms with van der Waals surface area (Å²) in [4.78, 5) is 24.0. The molecule has 132 valence electrons. The monoisotopic (exact) mass is 379 g/mol. The average molecular weight is 379 g/mol. The molecule has 0 bridgehead atoms. The lowest BCUT2D eigenvalue weighted by molar-refractivity contribution is -0.123. The highest BCUT2D eigenvalue weighted by Gasteiger charge is 2.19. The summed E-state index contributed by atoms with van der Waals surface area (Å²) in [5.41, 5.74) is 5.13. The molecular formula is C16H17N3O4S2. The van der Waals surface area contributed by atoms with Crippen LogP contribution in [-0.2, 0) is 14.8 Å². The fourth-order valence-electron chi connectivity index (χ4n) is 1.77. The van der Waals surface area contributed by atoms with Crippen LogP contribution in [0.15, 0.2) is 53.3 Å². The predicted molar refractivity (Wildman–Crippen MR) is 96.9 cm³/mol. The first kappa shape index (κ1) is 18.8. The molecule has 7 nitrogen and oxygen atoms in total. The highest BCUT2D eigenvalue weighted by Crippen LogP contribution is 2.07. The maximum Gasteiger partial charge on any atom is 0.279 e. The van der Waals surface area contributed by atoms with Gasteiger partial charge in [0, 0.05) is 5.41 Å². The van der Waals surface area contributed by atoms with Crippen LogP contribution < -0.4 is 15.6 Å². The van der Waals surface area contributed by atoms with Crippen LogP contribution in [0.1, 0.15) is 22.2 Å². The topological polar surface area (TPSA) is 104 Å². The van der Waals surface area contributed by atoms with Crippen molar-refractivity contribution in [2.24, 2.45) is 0 Å². The molecule has 1 aromatic heterocycles. The summed E-state index contributed by atoms with van der Waals surface area (Å²) in [6.45, 7) is 1.38. The van der Waals surface area contributed by atoms with Gasteiger partial charge in [-0.15, -0.1) is 11.3 Å². The second-order valence-corrected chi connectivity index (χ2v) is 7.56. The second-order valence-electron chi connectivity index (χ2n) is 5.02. The number of nitrogens with one attached hydrogen (secondary N) is 3. The number of rotatable bonds is 6. The molecule has 1 heterocycles. The largest absolute Gasteiger partial charge is 0.279 e. The molecule has 3 N–H and O–H groups in total. The number of sulfonamides is 1. The van der Waals surface area contributed by atoms with Crippen LogP contribution in [0.3, 0.4) is 0 Å². The standard InChI is InChI=1S/C16H17N3O4S2/c1-12(15(20)17-18-16(21)14-8-5-10-24-14)19-25(22,23)11-9-13-6-3-2-4-7-13/h2-12,19H,1H3,(H,17,20)(H,18,21). The molecule has 0 radical (unpaired) electrons. The molecule has 0 spiro atoms. The quantitative estimate of drug-likeness (QED) is 0.661. The van der Waals surface area contributed by atoms with Gasteiger partial charge in [0.05, 0.1) is 10.9 Å². The first-order valence-corrected chi connectivity index (χ1v) is 9.69. The zero-order valence-electron chi connectivity index (χ0n) is 13.3. The molecule has 9 heteroatoms. The molecule has 0 fully saturated rings. The predicted octanol–water partition coefficient (Wildman–Crippen LogP) is 1.49. The van der Waals surface area contributed by atoms with Gasteiger partial charge in [0.2, 0.25) is 10.0 Å². The molecule has 0 saturated carbocycles. The molecule has 1 aromatic carbocycles. The van der Waals surface area contributed by atoms with Crippen LogP contribution in [0.25, 0.3) is 6.08 Å². The minimum absolute atomic E-state index is 0.430. The van der Waals surface area contributed by atoms with Crippen LogP contribution in [0.2, 0.25) is 0 Å². The average Bonchev–Trinajstić information content (AvgIpc) is 3.13. The van der Waals surface area contributed by atoms with E-state index in [-0.39, 0.29) is 0 Å². The van der Waals surface area contributed by atoms with Crippen molar-refractivity contribution in [3.63, 3.8) is 0 Å². The van der Waals surface area contributed by atoms with Crippen LogP contribution >= 0.6 is 11.3 Å². The Kier molecular flexibility index (Phi) is 6.45. The van der Waals surface area contributed by atoms with E-state index in [2.05, 4.69) is 15.6 Å². The summed E-state index contributed by atoms with van der Waals surface area (Å²) in [5.74, 6) is -1.15. The molecule has 2 aromatic rings. The van der Waals surface area contributed by atoms with Crippen LogP contribution in [0.5, 0.6) is 0 Å². The molecule has 0 aliphatic carbocycles. The zero-order valence-corrected chi connectivity index (χ0v) is 14.9. The fourth-order valence-corrected chi connectivity index (χ4v) is 3.40. The van der Waals surface area contributed by atoms with Crippen molar-refractivity contribution < 1.29 is 18.0 Å². The van der Waals surface area contributed by atoms with Crippen molar-refractivity contribution in [2.45, 2.75) is 13.0 Å². The molecular weight excluding hydrogens is 362 g/mol. The normalized spacial score (nSPS) is 12.7. The summed E-state index contributed by atoms with van der Waals surface area (Å²) in [6, 6.07) is 11.1. The van der Waals surface area contributed by atoms with Crippen LogP contribution in [-0.4, -0.2) is 26.3 Å². The van der Waals surface area contributed by atoms with Crippen molar-refractivity contribution in [3.8, 4) is 0 Å². The zero-order chi connectivity index (χ0) is 18.3. The van der Waals surface area contributed by atoms with Gasteiger partial charge < -0.3 is 0 Å². The van der Waals surface area contributed by atoms with E-state index in [9.17, 15) is 18.0 Å². The Balaban J connectivity index is 1.87. The van der Waals surface area contributed by atoms with E-state index in [1.165, 1.54) is 24.3 Å². The Morgan fingerprint density at radius 3 is 2.44 bits per heavy atom. The van der Waals surface area contributed by atoms with E-state index in [0.717, 1.165) is 5.41 Å². The number of hydrogen-bond donors (Lipinski definition) is 3. The molecule has 25 heavy (non-hydrogen) atoms. The number of hydrogen-bond acceptors (Lipinski definition) is 5. The Bertz CT molecular complexity index is 847. The Morgan fingerprint density at radius 1 is 1.08 bits per heavy atom. The van der Waals surface area contributed by atoms with Gasteiger partial charge in [-0.25, -0.2) is 8.42 Å². The number of carbonyl (C=O) groups is 2. The molecule has 1 atom stereocenters. The third-order valence-corrected chi connectivity index (χ3v) is 5.06. The molecule has 0 aliphatic rings. The van der Waals surface area contributed by atoms with E-state index < -0.39 is 27.9 Å². The summed E-state index contributed by atoms with van der Waals surface area (Å²) >= 11 is 1.22. The smallest absolute Gasteiger partial charge is 0.271 e. The first-order chi connectivity index (χ1) is 11.9. The highest BCUT2D eigenvalue weighted by molar-refractivity contribution is 7.92. The molecule has 1 unspecified atom stereocenters. The van der Waals surface area contributed by atoms with Crippen molar-refractivity contribution in [1.29, 1.82) is 0 Å². The maximum absolute atomic E-state index is 12.0. The first-order valence-electron chi connectivity index (χ1n) is 7.26. The minimum Gasteiger partial charge on any atom is -0.271 e. The number of amides is 2. The Morgan fingerprint density at radius 2 is 1.80 bits per heavy atom. The van der Waals surface area contributed by atoms with Gasteiger partial charge in [-0.3, -0.25) is 20.4 Å². The summed E-state index contributed by atoms with van der Waals surface area (Å²) < 4.78 is 26.2. The molecule has 2 amide bonds. The highest BCUT2D eigenvalue weighted by atomic mass is 32.2. The number of hydrazine groups is 1. The van der Waals surface area contributed by atoms with E-state index in [4.69, 9.17) is 0 Å². The van der Waals surface area contributed by atoms with E-state index in [1.807, 2.05) is 6.07 Å². The van der Waals surface area contributed by atoms with Gasteiger partial charge in [-0.2, -0.15) is 4.72 Å². The maximum atomic E-state index is 12.0.